The number of aromatic amines is 2. The van der Waals surface area contributed by atoms with Gasteiger partial charge in [0.05, 0.1) is 30.3 Å². The molecule has 0 spiro atoms. The van der Waals surface area contributed by atoms with Crippen LogP contribution >= 0.6 is 0 Å². The zero-order valence-electron chi connectivity index (χ0n) is 12.5. The van der Waals surface area contributed by atoms with E-state index < -0.39 is 5.79 Å². The van der Waals surface area contributed by atoms with Crippen molar-refractivity contribution >= 4 is 11.0 Å². The van der Waals surface area contributed by atoms with Gasteiger partial charge in [-0.05, 0) is 38.5 Å². The van der Waals surface area contributed by atoms with Gasteiger partial charge in [-0.2, -0.15) is 0 Å². The van der Waals surface area contributed by atoms with Gasteiger partial charge in [0.1, 0.15) is 0 Å². The zero-order valence-corrected chi connectivity index (χ0v) is 12.5. The van der Waals surface area contributed by atoms with E-state index in [9.17, 15) is 4.79 Å². The monoisotopic (exact) mass is 291 g/mol. The van der Waals surface area contributed by atoms with Gasteiger partial charge < -0.3 is 24.8 Å². The summed E-state index contributed by atoms with van der Waals surface area (Å²) >= 11 is 0. The Hall–Kier alpha value is -1.63. The van der Waals surface area contributed by atoms with Gasteiger partial charge in [0.15, 0.2) is 5.79 Å². The smallest absolute Gasteiger partial charge is 0.323 e. The van der Waals surface area contributed by atoms with Crippen LogP contribution < -0.4 is 11.0 Å². The molecule has 6 heteroatoms. The molecule has 1 saturated heterocycles. The molecule has 1 aromatic carbocycles. The van der Waals surface area contributed by atoms with Gasteiger partial charge in [-0.25, -0.2) is 4.79 Å². The molecule has 3 N–H and O–H groups in total. The first-order valence-electron chi connectivity index (χ1n) is 7.19. The van der Waals surface area contributed by atoms with E-state index in [-0.39, 0.29) is 17.8 Å². The minimum absolute atomic E-state index is 0.145. The number of aromatic nitrogens is 2. The van der Waals surface area contributed by atoms with E-state index in [4.69, 9.17) is 9.47 Å². The molecule has 1 fully saturated rings. The van der Waals surface area contributed by atoms with Gasteiger partial charge in [-0.3, -0.25) is 0 Å². The molecular weight excluding hydrogens is 270 g/mol. The molecule has 0 amide bonds. The Labute approximate surface area is 122 Å². The summed E-state index contributed by atoms with van der Waals surface area (Å²) in [6, 6.07) is 6.22. The lowest BCUT2D eigenvalue weighted by molar-refractivity contribution is -0.253. The lowest BCUT2D eigenvalue weighted by Crippen LogP contribution is -2.49. The second kappa shape index (κ2) is 5.29. The van der Waals surface area contributed by atoms with Crippen LogP contribution in [0, 0.1) is 0 Å². The Kier molecular flexibility index (Phi) is 3.61. The van der Waals surface area contributed by atoms with Gasteiger partial charge in [-0.15, -0.1) is 0 Å². The number of nitrogens with one attached hydrogen (secondary N) is 3. The second-order valence-electron chi connectivity index (χ2n) is 5.99. The summed E-state index contributed by atoms with van der Waals surface area (Å²) in [6.07, 6.45) is 0. The van der Waals surface area contributed by atoms with Crippen molar-refractivity contribution in [3.63, 3.8) is 0 Å². The molecule has 6 nitrogen and oxygen atoms in total. The Bertz CT molecular complexity index is 679. The molecule has 1 aliphatic rings. The van der Waals surface area contributed by atoms with Gasteiger partial charge in [0, 0.05) is 6.04 Å². The second-order valence-corrected chi connectivity index (χ2v) is 5.99. The number of benzene rings is 1. The molecule has 1 aliphatic heterocycles. The molecule has 3 rings (SSSR count). The van der Waals surface area contributed by atoms with Crippen LogP contribution in [0.3, 0.4) is 0 Å². The van der Waals surface area contributed by atoms with Crippen LogP contribution in [0.5, 0.6) is 0 Å². The standard InChI is InChI=1S/C15H21N3O3/c1-9(16-11-7-20-15(2,3)21-8-11)10-4-5-12-13(6-10)18-14(19)17-12/h4-6,9,11,16H,7-8H2,1-3H3,(H2,17,18,19). The largest absolute Gasteiger partial charge is 0.349 e. The minimum atomic E-state index is -0.495. The van der Waals surface area contributed by atoms with E-state index in [1.54, 1.807) is 0 Å². The van der Waals surface area contributed by atoms with Crippen LogP contribution in [-0.2, 0) is 9.47 Å². The Morgan fingerprint density at radius 2 is 1.90 bits per heavy atom. The molecule has 0 radical (unpaired) electrons. The topological polar surface area (TPSA) is 79.1 Å². The first-order valence-corrected chi connectivity index (χ1v) is 7.19. The third kappa shape index (κ3) is 3.18. The average molecular weight is 291 g/mol. The van der Waals surface area contributed by atoms with Crippen LogP contribution in [0.4, 0.5) is 0 Å². The highest BCUT2D eigenvalue weighted by Gasteiger charge is 2.28. The molecule has 2 heterocycles. The van der Waals surface area contributed by atoms with Crippen molar-refractivity contribution in [1.82, 2.24) is 15.3 Å². The van der Waals surface area contributed by atoms with Crippen LogP contribution in [0.2, 0.25) is 0 Å². The predicted molar refractivity (Wildman–Crippen MR) is 80.2 cm³/mol. The van der Waals surface area contributed by atoms with Crippen molar-refractivity contribution in [2.45, 2.75) is 38.6 Å². The summed E-state index contributed by atoms with van der Waals surface area (Å²) < 4.78 is 11.3. The normalized spacial score (nSPS) is 20.7. The SMILES string of the molecule is CC(NC1COC(C)(C)OC1)c1ccc2[nH]c(=O)[nH]c2c1. The van der Waals surface area contributed by atoms with Crippen molar-refractivity contribution in [1.29, 1.82) is 0 Å². The summed E-state index contributed by atoms with van der Waals surface area (Å²) in [6.45, 7) is 7.18. The highest BCUT2D eigenvalue weighted by molar-refractivity contribution is 5.75. The molecule has 0 saturated carbocycles. The summed E-state index contributed by atoms with van der Waals surface area (Å²) in [7, 11) is 0. The summed E-state index contributed by atoms with van der Waals surface area (Å²) in [4.78, 5) is 16.8. The first kappa shape index (κ1) is 14.3. The molecular formula is C15H21N3O3. The summed E-state index contributed by atoms with van der Waals surface area (Å²) in [5, 5.41) is 3.49. The molecule has 114 valence electrons. The molecule has 0 bridgehead atoms. The zero-order chi connectivity index (χ0) is 15.0. The molecule has 21 heavy (non-hydrogen) atoms. The maximum Gasteiger partial charge on any atom is 0.323 e. The van der Waals surface area contributed by atoms with Crippen LogP contribution in [-0.4, -0.2) is 35.0 Å². The third-order valence-corrected chi connectivity index (χ3v) is 3.79. The first-order chi connectivity index (χ1) is 9.93. The number of rotatable bonds is 3. The fourth-order valence-corrected chi connectivity index (χ4v) is 2.56. The Balaban J connectivity index is 1.69. The predicted octanol–water partition coefficient (Wildman–Crippen LogP) is 1.66. The van der Waals surface area contributed by atoms with E-state index in [1.165, 1.54) is 0 Å². The minimum Gasteiger partial charge on any atom is -0.349 e. The molecule has 1 atom stereocenters. The highest BCUT2D eigenvalue weighted by atomic mass is 16.7. The fraction of sp³-hybridized carbons (Fsp3) is 0.533. The number of imidazole rings is 1. The van der Waals surface area contributed by atoms with Gasteiger partial charge in [0.25, 0.3) is 0 Å². The van der Waals surface area contributed by atoms with E-state index in [1.807, 2.05) is 32.0 Å². The lowest BCUT2D eigenvalue weighted by Gasteiger charge is -2.36. The van der Waals surface area contributed by atoms with Gasteiger partial charge in [-0.1, -0.05) is 6.07 Å². The van der Waals surface area contributed by atoms with Crippen molar-refractivity contribution in [3.8, 4) is 0 Å². The number of hydrogen-bond acceptors (Lipinski definition) is 4. The van der Waals surface area contributed by atoms with Crippen molar-refractivity contribution < 1.29 is 9.47 Å². The Morgan fingerprint density at radius 1 is 1.24 bits per heavy atom. The van der Waals surface area contributed by atoms with Gasteiger partial charge >= 0.3 is 5.69 Å². The van der Waals surface area contributed by atoms with E-state index in [0.29, 0.717) is 13.2 Å². The fourth-order valence-electron chi connectivity index (χ4n) is 2.56. The number of H-pyrrole nitrogens is 2. The number of ether oxygens (including phenoxy) is 2. The molecule has 1 aromatic heterocycles. The highest BCUT2D eigenvalue weighted by Crippen LogP contribution is 2.21. The van der Waals surface area contributed by atoms with E-state index in [0.717, 1.165) is 16.6 Å². The molecule has 1 unspecified atom stereocenters. The quantitative estimate of drug-likeness (QED) is 0.803. The lowest BCUT2D eigenvalue weighted by atomic mass is 10.1. The van der Waals surface area contributed by atoms with Crippen molar-refractivity contribution in [3.05, 3.63) is 34.2 Å². The number of fused-ring (bicyclic) bond motifs is 1. The number of hydrogen-bond donors (Lipinski definition) is 3. The maximum atomic E-state index is 11.3. The van der Waals surface area contributed by atoms with Gasteiger partial charge in [0.2, 0.25) is 0 Å². The third-order valence-electron chi connectivity index (χ3n) is 3.79. The van der Waals surface area contributed by atoms with E-state index in [2.05, 4.69) is 22.2 Å². The summed E-state index contributed by atoms with van der Waals surface area (Å²) in [5.41, 5.74) is 2.58. The van der Waals surface area contributed by atoms with Crippen LogP contribution in [0.15, 0.2) is 23.0 Å². The van der Waals surface area contributed by atoms with E-state index >= 15 is 0 Å². The van der Waals surface area contributed by atoms with Crippen molar-refractivity contribution in [2.75, 3.05) is 13.2 Å². The van der Waals surface area contributed by atoms with Crippen molar-refractivity contribution in [2.24, 2.45) is 0 Å². The van der Waals surface area contributed by atoms with Crippen LogP contribution in [0.25, 0.3) is 11.0 Å². The van der Waals surface area contributed by atoms with Crippen LogP contribution in [0.1, 0.15) is 32.4 Å². The molecule has 2 aromatic rings. The Morgan fingerprint density at radius 3 is 2.62 bits per heavy atom. The molecule has 0 aliphatic carbocycles. The average Bonchev–Trinajstić information content (AvgIpc) is 2.80. The maximum absolute atomic E-state index is 11.3. The summed E-state index contributed by atoms with van der Waals surface area (Å²) in [5.74, 6) is -0.495.